The molecule has 0 aliphatic heterocycles. The Morgan fingerprint density at radius 1 is 0.900 bits per heavy atom. The van der Waals surface area contributed by atoms with Crippen molar-refractivity contribution >= 4 is 0 Å². The second-order valence-corrected chi connectivity index (χ2v) is 8.97. The molecule has 0 nitrogen and oxygen atoms in total. The smallest absolute Gasteiger partial charge is 0.142 e. The normalized spacial score (nSPS) is 23.2. The Balaban J connectivity index is 1.41. The lowest BCUT2D eigenvalue weighted by molar-refractivity contribution is 0.184. The second kappa shape index (κ2) is 9.61. The van der Waals surface area contributed by atoms with Crippen LogP contribution in [0.15, 0.2) is 49.1 Å². The number of fused-ring (bicyclic) bond motifs is 1. The van der Waals surface area contributed by atoms with E-state index >= 15 is 4.39 Å². The van der Waals surface area contributed by atoms with Crippen molar-refractivity contribution in [2.75, 3.05) is 0 Å². The molecule has 2 aromatic rings. The van der Waals surface area contributed by atoms with E-state index in [0.717, 1.165) is 43.1 Å². The molecule has 1 unspecified atom stereocenters. The third-order valence-corrected chi connectivity index (χ3v) is 7.11. The first-order chi connectivity index (χ1) is 14.6. The predicted octanol–water partition coefficient (Wildman–Crippen LogP) is 7.24. The first kappa shape index (κ1) is 20.9. The monoisotopic (exact) mass is 404 g/mol. The van der Waals surface area contributed by atoms with Crippen molar-refractivity contribution in [2.45, 2.75) is 57.8 Å². The highest BCUT2D eigenvalue weighted by Crippen LogP contribution is 2.41. The maximum atomic E-state index is 15.1. The molecule has 2 aromatic carbocycles. The van der Waals surface area contributed by atoms with Gasteiger partial charge < -0.3 is 0 Å². The molecule has 0 spiro atoms. The summed E-state index contributed by atoms with van der Waals surface area (Å²) in [7, 11) is 0. The van der Waals surface area contributed by atoms with Crippen LogP contribution in [0.5, 0.6) is 0 Å². The van der Waals surface area contributed by atoms with Crippen LogP contribution in [0.4, 0.5) is 8.78 Å². The molecule has 1 atom stereocenters. The van der Waals surface area contributed by atoms with Crippen LogP contribution >= 0.6 is 0 Å². The molecule has 0 radical (unpaired) electrons. The SMILES string of the molecule is C=CCCC1CCC(C2CCc3c(ccc(C#Cc4ccc(F)cc4)c3F)C2)CC1. The van der Waals surface area contributed by atoms with E-state index in [4.69, 9.17) is 0 Å². The van der Waals surface area contributed by atoms with Crippen LogP contribution in [-0.2, 0) is 12.8 Å². The Kier molecular flexibility index (Phi) is 6.68. The molecule has 1 saturated carbocycles. The van der Waals surface area contributed by atoms with Crippen molar-refractivity contribution in [2.24, 2.45) is 17.8 Å². The highest BCUT2D eigenvalue weighted by molar-refractivity contribution is 5.47. The van der Waals surface area contributed by atoms with Crippen LogP contribution in [0.1, 0.15) is 67.2 Å². The first-order valence-electron chi connectivity index (χ1n) is 11.3. The van der Waals surface area contributed by atoms with Gasteiger partial charge in [0.25, 0.3) is 0 Å². The molecule has 4 rings (SSSR count). The molecule has 2 aliphatic carbocycles. The lowest BCUT2D eigenvalue weighted by Gasteiger charge is -2.36. The fourth-order valence-electron chi connectivity index (χ4n) is 5.31. The van der Waals surface area contributed by atoms with Gasteiger partial charge in [0.1, 0.15) is 11.6 Å². The van der Waals surface area contributed by atoms with Gasteiger partial charge in [0.15, 0.2) is 0 Å². The van der Waals surface area contributed by atoms with Gasteiger partial charge in [0.05, 0.1) is 5.56 Å². The molecule has 1 fully saturated rings. The fraction of sp³-hybridized carbons (Fsp3) is 0.429. The summed E-state index contributed by atoms with van der Waals surface area (Å²) in [6.45, 7) is 3.85. The molecule has 2 heteroatoms. The number of hydrogen-bond acceptors (Lipinski definition) is 0. The van der Waals surface area contributed by atoms with Crippen molar-refractivity contribution < 1.29 is 8.78 Å². The van der Waals surface area contributed by atoms with Crippen LogP contribution in [0.3, 0.4) is 0 Å². The molecule has 156 valence electrons. The second-order valence-electron chi connectivity index (χ2n) is 8.97. The molecule has 0 N–H and O–H groups in total. The van der Waals surface area contributed by atoms with Gasteiger partial charge in [-0.05, 0) is 104 Å². The molecule has 30 heavy (non-hydrogen) atoms. The van der Waals surface area contributed by atoms with Crippen LogP contribution < -0.4 is 0 Å². The van der Waals surface area contributed by atoms with Crippen molar-refractivity contribution in [3.8, 4) is 11.8 Å². The number of hydrogen-bond donors (Lipinski definition) is 0. The van der Waals surface area contributed by atoms with Gasteiger partial charge in [-0.3, -0.25) is 0 Å². The number of allylic oxidation sites excluding steroid dienone is 1. The van der Waals surface area contributed by atoms with Crippen LogP contribution in [0.2, 0.25) is 0 Å². The largest absolute Gasteiger partial charge is 0.207 e. The van der Waals surface area contributed by atoms with E-state index in [0.29, 0.717) is 17.0 Å². The summed E-state index contributed by atoms with van der Waals surface area (Å²) in [4.78, 5) is 0. The lowest BCUT2D eigenvalue weighted by Crippen LogP contribution is -2.27. The van der Waals surface area contributed by atoms with Crippen molar-refractivity contribution in [1.29, 1.82) is 0 Å². The van der Waals surface area contributed by atoms with E-state index in [1.807, 2.05) is 12.1 Å². The number of rotatable bonds is 4. The van der Waals surface area contributed by atoms with Gasteiger partial charge in [-0.2, -0.15) is 0 Å². The Bertz CT molecular complexity index is 937. The highest BCUT2D eigenvalue weighted by Gasteiger charge is 2.31. The summed E-state index contributed by atoms with van der Waals surface area (Å²) < 4.78 is 28.1. The summed E-state index contributed by atoms with van der Waals surface area (Å²) in [5.41, 5.74) is 3.17. The topological polar surface area (TPSA) is 0 Å². The Morgan fingerprint density at radius 3 is 2.40 bits per heavy atom. The van der Waals surface area contributed by atoms with E-state index in [-0.39, 0.29) is 11.6 Å². The Morgan fingerprint density at radius 2 is 1.67 bits per heavy atom. The molecule has 0 aromatic heterocycles. The van der Waals surface area contributed by atoms with E-state index in [1.54, 1.807) is 12.1 Å². The maximum Gasteiger partial charge on any atom is 0.142 e. The van der Waals surface area contributed by atoms with E-state index in [1.165, 1.54) is 49.8 Å². The van der Waals surface area contributed by atoms with E-state index in [2.05, 4.69) is 24.5 Å². The third-order valence-electron chi connectivity index (χ3n) is 7.11. The average molecular weight is 405 g/mol. The minimum absolute atomic E-state index is 0.159. The molecule has 0 saturated heterocycles. The highest BCUT2D eigenvalue weighted by atomic mass is 19.1. The van der Waals surface area contributed by atoms with Crippen molar-refractivity contribution in [3.63, 3.8) is 0 Å². The summed E-state index contributed by atoms with van der Waals surface area (Å²) in [6, 6.07) is 9.89. The molecule has 0 heterocycles. The molecule has 2 aliphatic rings. The maximum absolute atomic E-state index is 15.1. The molecule has 0 bridgehead atoms. The zero-order valence-corrected chi connectivity index (χ0v) is 17.6. The lowest BCUT2D eigenvalue weighted by atomic mass is 9.69. The predicted molar refractivity (Wildman–Crippen MR) is 119 cm³/mol. The standard InChI is InChI=1S/C28H30F2/c1-2-3-4-20-5-10-22(11-6-20)24-15-18-27-25(19-24)14-13-23(28(27)30)12-7-21-8-16-26(29)17-9-21/h2,8-9,13-14,16-17,20,22,24H,1,3-6,10-11,15,18-19H2. The van der Waals surface area contributed by atoms with Gasteiger partial charge in [-0.1, -0.05) is 36.8 Å². The quantitative estimate of drug-likeness (QED) is 0.372. The Labute approximate surface area is 179 Å². The number of benzene rings is 2. The van der Waals surface area contributed by atoms with Gasteiger partial charge in [-0.25, -0.2) is 8.78 Å². The summed E-state index contributed by atoms with van der Waals surface area (Å²) >= 11 is 0. The minimum atomic E-state index is -0.291. The average Bonchev–Trinajstić information content (AvgIpc) is 2.78. The fourth-order valence-corrected chi connectivity index (χ4v) is 5.31. The Hall–Kier alpha value is -2.40. The summed E-state index contributed by atoms with van der Waals surface area (Å²) in [5, 5.41) is 0. The van der Waals surface area contributed by atoms with Crippen LogP contribution in [-0.4, -0.2) is 0 Å². The van der Waals surface area contributed by atoms with Gasteiger partial charge in [-0.15, -0.1) is 6.58 Å². The third kappa shape index (κ3) is 4.84. The van der Waals surface area contributed by atoms with Crippen molar-refractivity contribution in [3.05, 3.63) is 82.9 Å². The molecular formula is C28H30F2. The summed E-state index contributed by atoms with van der Waals surface area (Å²) in [5.74, 6) is 7.79. The van der Waals surface area contributed by atoms with E-state index < -0.39 is 0 Å². The number of halogens is 2. The van der Waals surface area contributed by atoms with Crippen LogP contribution in [0.25, 0.3) is 0 Å². The van der Waals surface area contributed by atoms with Gasteiger partial charge >= 0.3 is 0 Å². The van der Waals surface area contributed by atoms with Gasteiger partial charge in [0.2, 0.25) is 0 Å². The zero-order chi connectivity index (χ0) is 20.9. The minimum Gasteiger partial charge on any atom is -0.207 e. The molecular weight excluding hydrogens is 374 g/mol. The molecule has 0 amide bonds. The first-order valence-corrected chi connectivity index (χ1v) is 11.3. The summed E-state index contributed by atoms with van der Waals surface area (Å²) in [6.07, 6.45) is 12.7. The van der Waals surface area contributed by atoms with Gasteiger partial charge in [0, 0.05) is 5.56 Å². The van der Waals surface area contributed by atoms with Crippen molar-refractivity contribution in [1.82, 2.24) is 0 Å². The zero-order valence-electron chi connectivity index (χ0n) is 17.6. The van der Waals surface area contributed by atoms with E-state index in [9.17, 15) is 4.39 Å². The van der Waals surface area contributed by atoms with Crippen LogP contribution in [0, 0.1) is 41.2 Å².